The summed E-state index contributed by atoms with van der Waals surface area (Å²) in [6.07, 6.45) is 0.883. The third kappa shape index (κ3) is 2.01. The van der Waals surface area contributed by atoms with Gasteiger partial charge in [-0.3, -0.25) is 10.1 Å². The third-order valence-electron chi connectivity index (χ3n) is 2.94. The Labute approximate surface area is 97.4 Å². The van der Waals surface area contributed by atoms with Crippen LogP contribution in [0.2, 0.25) is 0 Å². The molecule has 6 heteroatoms. The second kappa shape index (κ2) is 3.97. The highest BCUT2D eigenvalue weighted by atomic mass is 16.2. The van der Waals surface area contributed by atoms with Crippen molar-refractivity contribution < 1.29 is 4.79 Å². The number of carbonyl (C=O) groups is 1. The van der Waals surface area contributed by atoms with Crippen LogP contribution >= 0.6 is 0 Å². The molecule has 1 amide bonds. The summed E-state index contributed by atoms with van der Waals surface area (Å²) < 4.78 is 0. The van der Waals surface area contributed by atoms with Gasteiger partial charge >= 0.3 is 0 Å². The summed E-state index contributed by atoms with van der Waals surface area (Å²) in [5.41, 5.74) is 1.21. The van der Waals surface area contributed by atoms with Crippen LogP contribution in [0.1, 0.15) is 17.9 Å². The number of anilines is 1. The van der Waals surface area contributed by atoms with Gasteiger partial charge in [0.25, 0.3) is 5.95 Å². The van der Waals surface area contributed by atoms with Gasteiger partial charge in [-0.2, -0.15) is 5.21 Å². The van der Waals surface area contributed by atoms with E-state index in [1.165, 1.54) is 5.56 Å². The highest BCUT2D eigenvalue weighted by Gasteiger charge is 2.44. The lowest BCUT2D eigenvalue weighted by Gasteiger charge is -2.00. The summed E-state index contributed by atoms with van der Waals surface area (Å²) >= 11 is 0. The van der Waals surface area contributed by atoms with Crippen LogP contribution in [0.15, 0.2) is 30.3 Å². The van der Waals surface area contributed by atoms with E-state index in [-0.39, 0.29) is 17.8 Å². The number of nitrogens with one attached hydrogen (secondary N) is 2. The fourth-order valence-electron chi connectivity index (χ4n) is 1.97. The maximum absolute atomic E-state index is 11.8. The molecular formula is C11H11N5O. The van der Waals surface area contributed by atoms with Gasteiger partial charge in [0.05, 0.1) is 0 Å². The fraction of sp³-hybridized carbons (Fsp3) is 0.273. The van der Waals surface area contributed by atoms with E-state index in [0.717, 1.165) is 6.42 Å². The molecule has 1 fully saturated rings. The number of rotatable bonds is 3. The van der Waals surface area contributed by atoms with Gasteiger partial charge < -0.3 is 0 Å². The van der Waals surface area contributed by atoms with Crippen molar-refractivity contribution in [3.05, 3.63) is 35.9 Å². The molecule has 0 bridgehead atoms. The molecule has 1 heterocycles. The van der Waals surface area contributed by atoms with Gasteiger partial charge in [0.15, 0.2) is 0 Å². The van der Waals surface area contributed by atoms with Crippen LogP contribution in [0, 0.1) is 5.92 Å². The molecule has 3 rings (SSSR count). The number of benzene rings is 1. The molecule has 1 aliphatic rings. The van der Waals surface area contributed by atoms with Crippen molar-refractivity contribution in [2.75, 3.05) is 5.32 Å². The Morgan fingerprint density at radius 3 is 2.88 bits per heavy atom. The molecule has 1 saturated carbocycles. The molecule has 0 unspecified atom stereocenters. The van der Waals surface area contributed by atoms with Crippen molar-refractivity contribution in [2.45, 2.75) is 12.3 Å². The van der Waals surface area contributed by atoms with Gasteiger partial charge in [-0.05, 0) is 23.1 Å². The van der Waals surface area contributed by atoms with Gasteiger partial charge in [-0.25, -0.2) is 0 Å². The quantitative estimate of drug-likeness (QED) is 0.820. The molecule has 86 valence electrons. The van der Waals surface area contributed by atoms with Crippen molar-refractivity contribution >= 4 is 11.9 Å². The lowest BCUT2D eigenvalue weighted by Crippen LogP contribution is -2.15. The summed E-state index contributed by atoms with van der Waals surface area (Å²) in [6.45, 7) is 0. The van der Waals surface area contributed by atoms with E-state index >= 15 is 0 Å². The minimum Gasteiger partial charge on any atom is -0.292 e. The SMILES string of the molecule is O=C(Nc1nn[nH]n1)[C@@H]1C[C@H]1c1ccccc1. The first-order valence-corrected chi connectivity index (χ1v) is 5.44. The zero-order chi connectivity index (χ0) is 11.7. The van der Waals surface area contributed by atoms with Gasteiger partial charge in [-0.1, -0.05) is 35.4 Å². The second-order valence-corrected chi connectivity index (χ2v) is 4.08. The molecule has 2 atom stereocenters. The molecule has 1 aromatic carbocycles. The van der Waals surface area contributed by atoms with Crippen molar-refractivity contribution in [3.63, 3.8) is 0 Å². The normalized spacial score (nSPS) is 22.1. The monoisotopic (exact) mass is 229 g/mol. The van der Waals surface area contributed by atoms with E-state index in [9.17, 15) is 4.79 Å². The molecule has 0 radical (unpaired) electrons. The summed E-state index contributed by atoms with van der Waals surface area (Å²) in [5.74, 6) is 0.535. The van der Waals surface area contributed by atoms with Crippen LogP contribution in [0.4, 0.5) is 5.95 Å². The molecule has 0 saturated heterocycles. The lowest BCUT2D eigenvalue weighted by atomic mass is 10.1. The first-order valence-electron chi connectivity index (χ1n) is 5.44. The van der Waals surface area contributed by atoms with E-state index in [1.54, 1.807) is 0 Å². The zero-order valence-corrected chi connectivity index (χ0v) is 9.00. The average molecular weight is 229 g/mol. The van der Waals surface area contributed by atoms with Crippen molar-refractivity contribution in [1.29, 1.82) is 0 Å². The Kier molecular flexibility index (Phi) is 2.32. The maximum atomic E-state index is 11.8. The van der Waals surface area contributed by atoms with Gasteiger partial charge in [0, 0.05) is 5.92 Å². The standard InChI is InChI=1S/C11H11N5O/c17-10(12-11-13-15-16-14-11)9-6-8(9)7-4-2-1-3-5-7/h1-5,8-9H,6H2,(H2,12,13,14,15,16,17)/t8-,9+/m0/s1. The number of carbonyl (C=O) groups excluding carboxylic acids is 1. The van der Waals surface area contributed by atoms with Gasteiger partial charge in [-0.15, -0.1) is 5.10 Å². The van der Waals surface area contributed by atoms with Crippen molar-refractivity contribution in [1.82, 2.24) is 20.6 Å². The number of amides is 1. The number of nitrogens with zero attached hydrogens (tertiary/aromatic N) is 3. The minimum absolute atomic E-state index is 0.0240. The third-order valence-corrected chi connectivity index (χ3v) is 2.94. The average Bonchev–Trinajstić information content (AvgIpc) is 3.02. The van der Waals surface area contributed by atoms with E-state index < -0.39 is 0 Å². The predicted molar refractivity (Wildman–Crippen MR) is 60.1 cm³/mol. The fourth-order valence-corrected chi connectivity index (χ4v) is 1.97. The van der Waals surface area contributed by atoms with Crippen LogP contribution in [-0.4, -0.2) is 26.5 Å². The Morgan fingerprint density at radius 1 is 1.35 bits per heavy atom. The number of aromatic nitrogens is 4. The molecule has 2 N–H and O–H groups in total. The predicted octanol–water partition coefficient (Wildman–Crippen LogP) is 0.942. The Bertz CT molecular complexity index is 510. The molecule has 17 heavy (non-hydrogen) atoms. The Morgan fingerprint density at radius 2 is 2.18 bits per heavy atom. The highest BCUT2D eigenvalue weighted by molar-refractivity contribution is 5.93. The van der Waals surface area contributed by atoms with Crippen molar-refractivity contribution in [2.24, 2.45) is 5.92 Å². The van der Waals surface area contributed by atoms with Crippen LogP contribution < -0.4 is 5.32 Å². The molecule has 0 spiro atoms. The molecule has 1 aromatic heterocycles. The van der Waals surface area contributed by atoms with E-state index in [4.69, 9.17) is 0 Å². The van der Waals surface area contributed by atoms with E-state index in [2.05, 4.69) is 25.9 Å². The highest BCUT2D eigenvalue weighted by Crippen LogP contribution is 2.47. The zero-order valence-electron chi connectivity index (χ0n) is 9.00. The van der Waals surface area contributed by atoms with Crippen LogP contribution in [0.25, 0.3) is 0 Å². The first kappa shape index (κ1) is 9.95. The lowest BCUT2D eigenvalue weighted by molar-refractivity contribution is -0.117. The molecule has 0 aliphatic heterocycles. The van der Waals surface area contributed by atoms with Crippen LogP contribution in [0.3, 0.4) is 0 Å². The number of hydrogen-bond donors (Lipinski definition) is 2. The molecule has 2 aromatic rings. The number of hydrogen-bond acceptors (Lipinski definition) is 4. The van der Waals surface area contributed by atoms with E-state index in [0.29, 0.717) is 5.92 Å². The summed E-state index contributed by atoms with van der Waals surface area (Å²) in [5, 5.41) is 15.7. The summed E-state index contributed by atoms with van der Waals surface area (Å²) in [4.78, 5) is 11.8. The largest absolute Gasteiger partial charge is 0.292 e. The number of aromatic amines is 1. The molecule has 6 nitrogen and oxygen atoms in total. The summed E-state index contributed by atoms with van der Waals surface area (Å²) in [6, 6.07) is 10.0. The van der Waals surface area contributed by atoms with Crippen LogP contribution in [-0.2, 0) is 4.79 Å². The van der Waals surface area contributed by atoms with Crippen molar-refractivity contribution in [3.8, 4) is 0 Å². The Hall–Kier alpha value is -2.24. The van der Waals surface area contributed by atoms with Crippen LogP contribution in [0.5, 0.6) is 0 Å². The number of H-pyrrole nitrogens is 1. The van der Waals surface area contributed by atoms with Gasteiger partial charge in [0.2, 0.25) is 5.91 Å². The van der Waals surface area contributed by atoms with E-state index in [1.807, 2.05) is 30.3 Å². The topological polar surface area (TPSA) is 83.6 Å². The minimum atomic E-state index is -0.0414. The maximum Gasteiger partial charge on any atom is 0.269 e. The summed E-state index contributed by atoms with van der Waals surface area (Å²) in [7, 11) is 0. The van der Waals surface area contributed by atoms with Gasteiger partial charge in [0.1, 0.15) is 0 Å². The number of tetrazole rings is 1. The smallest absolute Gasteiger partial charge is 0.269 e. The molecular weight excluding hydrogens is 218 g/mol. The molecule has 1 aliphatic carbocycles. The second-order valence-electron chi connectivity index (χ2n) is 4.08. The Balaban J connectivity index is 1.63. The first-order chi connectivity index (χ1) is 8.34.